The first-order valence-electron chi connectivity index (χ1n) is 14.2. The highest BCUT2D eigenvalue weighted by molar-refractivity contribution is 7.90. The van der Waals surface area contributed by atoms with E-state index in [1.165, 1.54) is 25.4 Å². The number of nitrogens with one attached hydrogen (secondary N) is 1. The van der Waals surface area contributed by atoms with Crippen molar-refractivity contribution in [3.63, 3.8) is 0 Å². The second-order valence-corrected chi connectivity index (χ2v) is 14.0. The van der Waals surface area contributed by atoms with Crippen molar-refractivity contribution in [2.24, 2.45) is 5.41 Å². The minimum atomic E-state index is -4.30. The Kier molecular flexibility index (Phi) is 8.00. The van der Waals surface area contributed by atoms with Gasteiger partial charge in [-0.1, -0.05) is 38.5 Å². The summed E-state index contributed by atoms with van der Waals surface area (Å²) < 4.78 is 65.4. The van der Waals surface area contributed by atoms with E-state index in [9.17, 15) is 17.6 Å². The van der Waals surface area contributed by atoms with Crippen molar-refractivity contribution in [1.82, 2.24) is 18.5 Å². The van der Waals surface area contributed by atoms with Crippen LogP contribution in [0.15, 0.2) is 59.8 Å². The molecule has 0 radical (unpaired) electrons. The molecule has 232 valence electrons. The van der Waals surface area contributed by atoms with Crippen LogP contribution in [0.4, 0.5) is 14.6 Å². The molecule has 0 spiro atoms. The second-order valence-electron chi connectivity index (χ2n) is 12.2. The molecule has 44 heavy (non-hydrogen) atoms. The fraction of sp³-hybridized carbons (Fsp3) is 0.344. The summed E-state index contributed by atoms with van der Waals surface area (Å²) in [6, 6.07) is 9.31. The van der Waals surface area contributed by atoms with Crippen LogP contribution in [0.3, 0.4) is 0 Å². The van der Waals surface area contributed by atoms with E-state index in [0.717, 1.165) is 15.6 Å². The molecule has 2 aromatic carbocycles. The van der Waals surface area contributed by atoms with E-state index in [-0.39, 0.29) is 39.6 Å². The van der Waals surface area contributed by atoms with Crippen molar-refractivity contribution in [3.8, 4) is 11.4 Å². The summed E-state index contributed by atoms with van der Waals surface area (Å²) in [7, 11) is -2.97. The van der Waals surface area contributed by atoms with Gasteiger partial charge in [0.05, 0.1) is 23.8 Å². The number of hydrogen-bond acceptors (Lipinski definition) is 7. The van der Waals surface area contributed by atoms with E-state index in [2.05, 4.69) is 5.32 Å². The lowest BCUT2D eigenvalue weighted by molar-refractivity contribution is -0.141. The number of hydrogen-bond donors (Lipinski definition) is 1. The molecule has 0 aliphatic rings. The molecule has 0 aliphatic carbocycles. The van der Waals surface area contributed by atoms with E-state index >= 15 is 4.39 Å². The number of methoxy groups -OCH3 is 1. The molecule has 0 fully saturated rings. The van der Waals surface area contributed by atoms with Crippen molar-refractivity contribution < 1.29 is 26.7 Å². The quantitative estimate of drug-likeness (QED) is 0.188. The van der Waals surface area contributed by atoms with Gasteiger partial charge in [-0.2, -0.15) is 0 Å². The molecule has 9 nitrogen and oxygen atoms in total. The molecular formula is C32H35F2N5O4S. The largest absolute Gasteiger partial charge is 0.469 e. The van der Waals surface area contributed by atoms with Crippen LogP contribution in [0, 0.1) is 24.0 Å². The highest BCUT2D eigenvalue weighted by Crippen LogP contribution is 2.37. The van der Waals surface area contributed by atoms with Crippen molar-refractivity contribution in [1.29, 1.82) is 0 Å². The first-order valence-corrected chi connectivity index (χ1v) is 15.6. The molecule has 5 rings (SSSR count). The number of aromatic nitrogens is 4. The number of rotatable bonds is 8. The summed E-state index contributed by atoms with van der Waals surface area (Å²) in [5, 5.41) is 4.05. The molecule has 0 bridgehead atoms. The van der Waals surface area contributed by atoms with Crippen molar-refractivity contribution in [2.45, 2.75) is 64.9 Å². The zero-order chi connectivity index (χ0) is 32.1. The number of carbonyl (C=O) groups excluding carboxylic acids is 1. The molecule has 0 aliphatic heterocycles. The molecule has 1 atom stereocenters. The van der Waals surface area contributed by atoms with Crippen LogP contribution in [-0.4, -0.2) is 46.0 Å². The van der Waals surface area contributed by atoms with E-state index in [4.69, 9.17) is 14.7 Å². The maximum absolute atomic E-state index is 15.4. The summed E-state index contributed by atoms with van der Waals surface area (Å²) in [6.07, 6.45) is 3.14. The van der Waals surface area contributed by atoms with Gasteiger partial charge < -0.3 is 14.6 Å². The second kappa shape index (κ2) is 11.3. The highest BCUT2D eigenvalue weighted by Gasteiger charge is 2.30. The van der Waals surface area contributed by atoms with E-state index < -0.39 is 39.1 Å². The van der Waals surface area contributed by atoms with Gasteiger partial charge in [0.25, 0.3) is 10.0 Å². The minimum Gasteiger partial charge on any atom is -0.469 e. The number of halogens is 2. The van der Waals surface area contributed by atoms with Gasteiger partial charge in [0.2, 0.25) is 0 Å². The van der Waals surface area contributed by atoms with Crippen LogP contribution in [-0.2, 0) is 19.6 Å². The van der Waals surface area contributed by atoms with Crippen LogP contribution in [0.2, 0.25) is 0 Å². The van der Waals surface area contributed by atoms with E-state index in [1.807, 2.05) is 58.4 Å². The Morgan fingerprint density at radius 2 is 1.73 bits per heavy atom. The third-order valence-electron chi connectivity index (χ3n) is 7.69. The monoisotopic (exact) mass is 623 g/mol. The van der Waals surface area contributed by atoms with Crippen molar-refractivity contribution in [2.75, 3.05) is 12.4 Å². The summed E-state index contributed by atoms with van der Waals surface area (Å²) in [4.78, 5) is 21.8. The van der Waals surface area contributed by atoms with Crippen LogP contribution < -0.4 is 5.32 Å². The van der Waals surface area contributed by atoms with E-state index in [1.54, 1.807) is 12.1 Å². The molecule has 12 heteroatoms. The third kappa shape index (κ3) is 5.66. The third-order valence-corrected chi connectivity index (χ3v) is 9.36. The normalized spacial score (nSPS) is 13.1. The Balaban J connectivity index is 1.79. The first kappa shape index (κ1) is 31.1. The smallest absolute Gasteiger partial charge is 0.307 e. The molecule has 0 saturated heterocycles. The number of benzene rings is 2. The van der Waals surface area contributed by atoms with Gasteiger partial charge in [-0.05, 0) is 50.5 Å². The first-order chi connectivity index (χ1) is 20.6. The summed E-state index contributed by atoms with van der Waals surface area (Å²) >= 11 is 0. The Bertz CT molecular complexity index is 1990. The average molecular weight is 624 g/mol. The Labute approximate surface area is 254 Å². The van der Waals surface area contributed by atoms with Gasteiger partial charge in [-0.3, -0.25) is 4.79 Å². The lowest BCUT2D eigenvalue weighted by Gasteiger charge is -2.31. The lowest BCUT2D eigenvalue weighted by Crippen LogP contribution is -2.36. The zero-order valence-corrected chi connectivity index (χ0v) is 26.5. The van der Waals surface area contributed by atoms with Gasteiger partial charge >= 0.3 is 5.97 Å². The summed E-state index contributed by atoms with van der Waals surface area (Å²) in [6.45, 7) is 11.7. The maximum atomic E-state index is 15.4. The number of anilines is 1. The van der Waals surface area contributed by atoms with Gasteiger partial charge in [0.15, 0.2) is 11.6 Å². The van der Waals surface area contributed by atoms with Crippen molar-refractivity contribution >= 4 is 43.7 Å². The predicted octanol–water partition coefficient (Wildman–Crippen LogP) is 6.85. The lowest BCUT2D eigenvalue weighted by atomic mass is 9.84. The molecule has 1 unspecified atom stereocenters. The number of nitrogens with zero attached hydrogens (tertiary/aromatic N) is 4. The fourth-order valence-corrected chi connectivity index (χ4v) is 6.48. The molecule has 0 saturated carbocycles. The minimum absolute atomic E-state index is 0.00488. The zero-order valence-electron chi connectivity index (χ0n) is 25.6. The Morgan fingerprint density at radius 3 is 2.34 bits per heavy atom. The van der Waals surface area contributed by atoms with Crippen LogP contribution in [0.5, 0.6) is 0 Å². The number of aryl methyl sites for hydroxylation is 1. The van der Waals surface area contributed by atoms with E-state index in [0.29, 0.717) is 22.9 Å². The van der Waals surface area contributed by atoms with Gasteiger partial charge in [0.1, 0.15) is 22.8 Å². The molecule has 0 amide bonds. The van der Waals surface area contributed by atoms with Crippen LogP contribution in [0.25, 0.3) is 33.3 Å². The number of fused-ring (bicyclic) bond motifs is 2. The molecule has 5 aromatic rings. The number of esters is 1. The molecule has 3 aromatic heterocycles. The topological polar surface area (TPSA) is 108 Å². The fourth-order valence-electron chi connectivity index (χ4n) is 5.11. The van der Waals surface area contributed by atoms with Gasteiger partial charge in [-0.15, -0.1) is 0 Å². The molecular weight excluding hydrogens is 588 g/mol. The predicted molar refractivity (Wildman–Crippen MR) is 166 cm³/mol. The number of carbonyl (C=O) groups is 1. The van der Waals surface area contributed by atoms with Crippen LogP contribution >= 0.6 is 0 Å². The molecule has 3 heterocycles. The Hall–Kier alpha value is -4.32. The maximum Gasteiger partial charge on any atom is 0.307 e. The van der Waals surface area contributed by atoms with Crippen molar-refractivity contribution in [3.05, 3.63) is 72.1 Å². The summed E-state index contributed by atoms with van der Waals surface area (Å²) in [5.41, 5.74) is 0.771. The average Bonchev–Trinajstić information content (AvgIpc) is 3.55. The molecule has 1 N–H and O–H groups in total. The standard InChI is InChI=1S/C32H35F2N5O4S/c1-18(2)38-13-12-22-29(35-26(32(4,5)6)16-27(40)43-7)36-30(37-31(22)38)24-17-39(28-23(24)14-20(33)15-25(28)34)44(41,42)21-10-8-19(3)9-11-21/h8-15,17-18,26H,16H2,1-7H3,(H,35,36,37). The Morgan fingerprint density at radius 1 is 1.05 bits per heavy atom. The van der Waals surface area contributed by atoms with Gasteiger partial charge in [-0.25, -0.2) is 31.1 Å². The summed E-state index contributed by atoms with van der Waals surface area (Å²) in [5.74, 6) is -1.89. The SMILES string of the molecule is COC(=O)CC(Nc1nc(-c2cn(S(=O)(=O)c3ccc(C)cc3)c3c(F)cc(F)cc23)nc2c1ccn2C(C)C)C(C)(C)C. The highest BCUT2D eigenvalue weighted by atomic mass is 32.2. The number of ether oxygens (including phenoxy) is 1. The van der Waals surface area contributed by atoms with Gasteiger partial charge in [0, 0.05) is 41.5 Å². The van der Waals surface area contributed by atoms with Crippen LogP contribution in [0.1, 0.15) is 52.6 Å².